The van der Waals surface area contributed by atoms with E-state index >= 15 is 0 Å². The van der Waals surface area contributed by atoms with Gasteiger partial charge >= 0.3 is 0 Å². The molecule has 0 radical (unpaired) electrons. The van der Waals surface area contributed by atoms with Gasteiger partial charge in [0.15, 0.2) is 0 Å². The van der Waals surface area contributed by atoms with Crippen LogP contribution in [0, 0.1) is 17.6 Å². The molecule has 1 unspecified atom stereocenters. The van der Waals surface area contributed by atoms with E-state index < -0.39 is 17.7 Å². The average Bonchev–Trinajstić information content (AvgIpc) is 2.37. The molecule has 3 heteroatoms. The molecule has 0 aliphatic heterocycles. The Morgan fingerprint density at radius 1 is 0.900 bits per heavy atom. The minimum atomic E-state index is -1.02. The molecule has 0 aliphatic carbocycles. The van der Waals surface area contributed by atoms with Gasteiger partial charge in [-0.2, -0.15) is 0 Å². The lowest BCUT2D eigenvalue weighted by molar-refractivity contribution is 0.219. The number of hydrogen-bond donors (Lipinski definition) is 1. The molecule has 1 N–H and O–H groups in total. The molecule has 1 atom stereocenters. The van der Waals surface area contributed by atoms with Crippen LogP contribution in [0.2, 0.25) is 0 Å². The van der Waals surface area contributed by atoms with Crippen molar-refractivity contribution in [2.45, 2.75) is 26.4 Å². The topological polar surface area (TPSA) is 20.2 Å². The highest BCUT2D eigenvalue weighted by molar-refractivity contribution is 5.32. The number of aliphatic hydroxyl groups is 1. The van der Waals surface area contributed by atoms with E-state index in [1.807, 2.05) is 12.1 Å². The summed E-state index contributed by atoms with van der Waals surface area (Å²) in [7, 11) is 0. The lowest BCUT2D eigenvalue weighted by Gasteiger charge is -2.13. The van der Waals surface area contributed by atoms with Crippen LogP contribution in [-0.2, 0) is 6.42 Å². The minimum absolute atomic E-state index is 0.221. The Kier molecular flexibility index (Phi) is 4.50. The Morgan fingerprint density at radius 2 is 1.45 bits per heavy atom. The predicted octanol–water partition coefficient (Wildman–Crippen LogP) is 4.25. The first-order valence-corrected chi connectivity index (χ1v) is 6.68. The Balaban J connectivity index is 2.22. The van der Waals surface area contributed by atoms with Crippen molar-refractivity contribution in [3.8, 4) is 0 Å². The van der Waals surface area contributed by atoms with E-state index in [-0.39, 0.29) is 5.56 Å². The van der Waals surface area contributed by atoms with Gasteiger partial charge in [-0.25, -0.2) is 8.78 Å². The zero-order chi connectivity index (χ0) is 14.7. The van der Waals surface area contributed by atoms with Gasteiger partial charge in [-0.3, -0.25) is 0 Å². The Labute approximate surface area is 117 Å². The number of hydrogen-bond acceptors (Lipinski definition) is 1. The van der Waals surface area contributed by atoms with Crippen LogP contribution in [-0.4, -0.2) is 5.11 Å². The predicted molar refractivity (Wildman–Crippen MR) is 75.4 cm³/mol. The molecule has 2 aromatic carbocycles. The Bertz CT molecular complexity index is 556. The van der Waals surface area contributed by atoms with Gasteiger partial charge in [-0.1, -0.05) is 38.1 Å². The monoisotopic (exact) mass is 276 g/mol. The first-order valence-electron chi connectivity index (χ1n) is 6.68. The van der Waals surface area contributed by atoms with Gasteiger partial charge in [0.25, 0.3) is 0 Å². The summed E-state index contributed by atoms with van der Waals surface area (Å²) in [5.74, 6) is -0.811. The molecule has 0 saturated carbocycles. The molecule has 1 nitrogen and oxygen atoms in total. The summed E-state index contributed by atoms with van der Waals surface area (Å²) in [6, 6.07) is 10.6. The molecule has 0 amide bonds. The van der Waals surface area contributed by atoms with Crippen molar-refractivity contribution in [2.75, 3.05) is 0 Å². The Hall–Kier alpha value is -1.74. The normalized spacial score (nSPS) is 12.7. The molecule has 0 spiro atoms. The fraction of sp³-hybridized carbons (Fsp3) is 0.294. The SMILES string of the molecule is CC(C)Cc1ccc(C(O)c2cc(F)cc(F)c2)cc1. The largest absolute Gasteiger partial charge is 0.384 e. The molecule has 0 heterocycles. The molecule has 106 valence electrons. The molecule has 2 aromatic rings. The molecule has 0 aliphatic rings. The maximum absolute atomic E-state index is 13.2. The van der Waals surface area contributed by atoms with Crippen molar-refractivity contribution in [1.29, 1.82) is 0 Å². The second-order valence-electron chi connectivity index (χ2n) is 5.44. The van der Waals surface area contributed by atoms with Crippen LogP contribution in [0.5, 0.6) is 0 Å². The zero-order valence-corrected chi connectivity index (χ0v) is 11.6. The molecule has 0 fully saturated rings. The van der Waals surface area contributed by atoms with Crippen LogP contribution < -0.4 is 0 Å². The van der Waals surface area contributed by atoms with Crippen LogP contribution >= 0.6 is 0 Å². The van der Waals surface area contributed by atoms with E-state index in [2.05, 4.69) is 13.8 Å². The molecule has 0 saturated heterocycles. The summed E-state index contributed by atoms with van der Waals surface area (Å²) in [5.41, 5.74) is 2.03. The van der Waals surface area contributed by atoms with E-state index in [1.54, 1.807) is 12.1 Å². The van der Waals surface area contributed by atoms with Gasteiger partial charge in [-0.15, -0.1) is 0 Å². The summed E-state index contributed by atoms with van der Waals surface area (Å²) in [4.78, 5) is 0. The van der Waals surface area contributed by atoms with Gasteiger partial charge < -0.3 is 5.11 Å². The molecular formula is C17H18F2O. The van der Waals surface area contributed by atoms with Crippen LogP contribution in [0.1, 0.15) is 36.6 Å². The first kappa shape index (κ1) is 14.7. The second kappa shape index (κ2) is 6.14. The molecule has 0 bridgehead atoms. The number of rotatable bonds is 4. The lowest BCUT2D eigenvalue weighted by atomic mass is 9.97. The third kappa shape index (κ3) is 3.64. The highest BCUT2D eigenvalue weighted by Crippen LogP contribution is 2.24. The maximum Gasteiger partial charge on any atom is 0.126 e. The van der Waals surface area contributed by atoms with Gasteiger partial charge in [0.1, 0.15) is 17.7 Å². The van der Waals surface area contributed by atoms with Crippen molar-refractivity contribution in [2.24, 2.45) is 5.92 Å². The summed E-state index contributed by atoms with van der Waals surface area (Å²) >= 11 is 0. The lowest BCUT2D eigenvalue weighted by Crippen LogP contribution is -2.02. The molecule has 0 aromatic heterocycles. The highest BCUT2D eigenvalue weighted by atomic mass is 19.1. The quantitative estimate of drug-likeness (QED) is 0.885. The van der Waals surface area contributed by atoms with Crippen LogP contribution in [0.15, 0.2) is 42.5 Å². The fourth-order valence-corrected chi connectivity index (χ4v) is 2.23. The fourth-order valence-electron chi connectivity index (χ4n) is 2.23. The van der Waals surface area contributed by atoms with Crippen molar-refractivity contribution < 1.29 is 13.9 Å². The molecule has 2 rings (SSSR count). The third-order valence-corrected chi connectivity index (χ3v) is 3.14. The summed E-state index contributed by atoms with van der Waals surface area (Å²) < 4.78 is 26.3. The summed E-state index contributed by atoms with van der Waals surface area (Å²) in [6.45, 7) is 4.27. The van der Waals surface area contributed by atoms with Crippen LogP contribution in [0.3, 0.4) is 0 Å². The van der Waals surface area contributed by atoms with E-state index in [9.17, 15) is 13.9 Å². The Morgan fingerprint density at radius 3 is 1.95 bits per heavy atom. The van der Waals surface area contributed by atoms with Crippen molar-refractivity contribution in [3.05, 3.63) is 70.8 Å². The zero-order valence-electron chi connectivity index (χ0n) is 11.6. The highest BCUT2D eigenvalue weighted by Gasteiger charge is 2.13. The van der Waals surface area contributed by atoms with Gasteiger partial charge in [0.05, 0.1) is 0 Å². The van der Waals surface area contributed by atoms with E-state index in [0.717, 1.165) is 24.6 Å². The van der Waals surface area contributed by atoms with E-state index in [0.29, 0.717) is 11.5 Å². The number of benzene rings is 2. The van der Waals surface area contributed by atoms with E-state index in [1.165, 1.54) is 5.56 Å². The smallest absolute Gasteiger partial charge is 0.126 e. The first-order chi connectivity index (χ1) is 9.45. The molecular weight excluding hydrogens is 258 g/mol. The van der Waals surface area contributed by atoms with Crippen LogP contribution in [0.25, 0.3) is 0 Å². The van der Waals surface area contributed by atoms with Crippen LogP contribution in [0.4, 0.5) is 8.78 Å². The van der Waals surface area contributed by atoms with Crippen molar-refractivity contribution in [1.82, 2.24) is 0 Å². The minimum Gasteiger partial charge on any atom is -0.384 e. The number of aliphatic hydroxyl groups excluding tert-OH is 1. The average molecular weight is 276 g/mol. The van der Waals surface area contributed by atoms with Gasteiger partial charge in [-0.05, 0) is 41.2 Å². The van der Waals surface area contributed by atoms with E-state index in [4.69, 9.17) is 0 Å². The van der Waals surface area contributed by atoms with Crippen molar-refractivity contribution >= 4 is 0 Å². The standard InChI is InChI=1S/C17H18F2O/c1-11(2)7-12-3-5-13(6-4-12)17(20)14-8-15(18)10-16(19)9-14/h3-6,8-11,17,20H,7H2,1-2H3. The second-order valence-corrected chi connectivity index (χ2v) is 5.44. The van der Waals surface area contributed by atoms with Gasteiger partial charge in [0, 0.05) is 6.07 Å². The number of halogens is 2. The van der Waals surface area contributed by atoms with Crippen molar-refractivity contribution in [3.63, 3.8) is 0 Å². The molecule has 20 heavy (non-hydrogen) atoms. The maximum atomic E-state index is 13.2. The summed E-state index contributed by atoms with van der Waals surface area (Å²) in [5, 5.41) is 10.2. The summed E-state index contributed by atoms with van der Waals surface area (Å²) in [6.07, 6.45) is -0.0568. The third-order valence-electron chi connectivity index (χ3n) is 3.14. The van der Waals surface area contributed by atoms with Gasteiger partial charge in [0.2, 0.25) is 0 Å².